The van der Waals surface area contributed by atoms with Crippen molar-refractivity contribution in [1.29, 1.82) is 0 Å². The fourth-order valence-electron chi connectivity index (χ4n) is 2.26. The molecule has 0 radical (unpaired) electrons. The van der Waals surface area contributed by atoms with Gasteiger partial charge in [0.05, 0.1) is 16.8 Å². The first-order valence-corrected chi connectivity index (χ1v) is 8.40. The molecule has 1 heterocycles. The first kappa shape index (κ1) is 16.1. The van der Waals surface area contributed by atoms with Gasteiger partial charge in [0, 0.05) is 18.5 Å². The molecule has 0 saturated heterocycles. The summed E-state index contributed by atoms with van der Waals surface area (Å²) in [5.74, 6) is 0. The van der Waals surface area contributed by atoms with Crippen LogP contribution < -0.4 is 0 Å². The third-order valence-electron chi connectivity index (χ3n) is 3.63. The molecule has 0 saturated carbocycles. The van der Waals surface area contributed by atoms with Gasteiger partial charge in [0.2, 0.25) is 0 Å². The van der Waals surface area contributed by atoms with E-state index in [1.165, 1.54) is 10.6 Å². The van der Waals surface area contributed by atoms with Crippen LogP contribution in [0.15, 0.2) is 29.6 Å². The highest BCUT2D eigenvalue weighted by atomic mass is 32.1. The van der Waals surface area contributed by atoms with Crippen LogP contribution in [0, 0.1) is 6.92 Å². The van der Waals surface area contributed by atoms with Crippen molar-refractivity contribution in [3.63, 3.8) is 0 Å². The lowest BCUT2D eigenvalue weighted by Gasteiger charge is -2.23. The van der Waals surface area contributed by atoms with Gasteiger partial charge in [-0.2, -0.15) is 0 Å². The predicted octanol–water partition coefficient (Wildman–Crippen LogP) is 3.57. The summed E-state index contributed by atoms with van der Waals surface area (Å²) in [5.41, 5.74) is 3.30. The van der Waals surface area contributed by atoms with E-state index in [1.807, 2.05) is 24.3 Å². The summed E-state index contributed by atoms with van der Waals surface area (Å²) in [6, 6.07) is 8.10. The van der Waals surface area contributed by atoms with Crippen molar-refractivity contribution in [1.82, 2.24) is 9.88 Å². The second kappa shape index (κ2) is 7.69. The molecule has 114 valence electrons. The summed E-state index contributed by atoms with van der Waals surface area (Å²) in [5, 5.41) is 13.7. The second-order valence-electron chi connectivity index (χ2n) is 5.34. The molecule has 2 rings (SSSR count). The fraction of sp³-hybridized carbons (Fsp3) is 0.471. The van der Waals surface area contributed by atoms with Crippen molar-refractivity contribution in [3.8, 4) is 0 Å². The number of rotatable bonds is 7. The number of aliphatic hydroxyl groups excluding tert-OH is 1. The van der Waals surface area contributed by atoms with Crippen molar-refractivity contribution in [2.75, 3.05) is 13.1 Å². The quantitative estimate of drug-likeness (QED) is 0.849. The van der Waals surface area contributed by atoms with Gasteiger partial charge in [0.15, 0.2) is 0 Å². The molecule has 1 aromatic carbocycles. The highest BCUT2D eigenvalue weighted by Gasteiger charge is 2.14. The van der Waals surface area contributed by atoms with Crippen LogP contribution in [0.1, 0.15) is 41.8 Å². The van der Waals surface area contributed by atoms with Gasteiger partial charge in [-0.3, -0.25) is 4.90 Å². The second-order valence-corrected chi connectivity index (χ2v) is 6.28. The van der Waals surface area contributed by atoms with Crippen LogP contribution in [0.25, 0.3) is 0 Å². The summed E-state index contributed by atoms with van der Waals surface area (Å²) >= 11 is 1.72. The zero-order chi connectivity index (χ0) is 15.2. The van der Waals surface area contributed by atoms with Crippen molar-refractivity contribution in [2.45, 2.75) is 39.8 Å². The normalized spacial score (nSPS) is 12.8. The van der Waals surface area contributed by atoms with E-state index in [0.717, 1.165) is 30.8 Å². The van der Waals surface area contributed by atoms with E-state index in [9.17, 15) is 5.11 Å². The maximum absolute atomic E-state index is 10.4. The molecule has 0 aliphatic carbocycles. The van der Waals surface area contributed by atoms with Gasteiger partial charge in [0.1, 0.15) is 0 Å². The molecule has 0 aliphatic rings. The Bertz CT molecular complexity index is 550. The van der Waals surface area contributed by atoms with Crippen LogP contribution in [0.5, 0.6) is 0 Å². The van der Waals surface area contributed by atoms with Gasteiger partial charge in [-0.25, -0.2) is 4.98 Å². The van der Waals surface area contributed by atoms with Crippen LogP contribution in [0.3, 0.4) is 0 Å². The third-order valence-corrected chi connectivity index (χ3v) is 4.67. The molecule has 3 nitrogen and oxygen atoms in total. The topological polar surface area (TPSA) is 36.4 Å². The Labute approximate surface area is 131 Å². The smallest absolute Gasteiger partial charge is 0.0926 e. The Balaban J connectivity index is 1.96. The van der Waals surface area contributed by atoms with E-state index in [-0.39, 0.29) is 0 Å². The van der Waals surface area contributed by atoms with E-state index < -0.39 is 6.10 Å². The summed E-state index contributed by atoms with van der Waals surface area (Å²) in [7, 11) is 0. The molecular formula is C17H24N2OS. The summed E-state index contributed by atoms with van der Waals surface area (Å²) < 4.78 is 0. The molecule has 1 N–H and O–H groups in total. The largest absolute Gasteiger partial charge is 0.387 e. The first-order chi connectivity index (χ1) is 10.1. The number of thiazole rings is 1. The Kier molecular flexibility index (Phi) is 5.91. The van der Waals surface area contributed by atoms with Gasteiger partial charge in [0.25, 0.3) is 0 Å². The van der Waals surface area contributed by atoms with Gasteiger partial charge in [-0.15, -0.1) is 11.3 Å². The van der Waals surface area contributed by atoms with Gasteiger partial charge < -0.3 is 5.11 Å². The summed E-state index contributed by atoms with van der Waals surface area (Å²) in [4.78, 5) is 6.84. The summed E-state index contributed by atoms with van der Waals surface area (Å²) in [6.07, 6.45) is 0.540. The molecule has 0 spiro atoms. The average molecular weight is 304 g/mol. The minimum Gasteiger partial charge on any atom is -0.387 e. The molecule has 1 unspecified atom stereocenters. The minimum atomic E-state index is -0.449. The van der Waals surface area contributed by atoms with Crippen LogP contribution in [0.2, 0.25) is 0 Å². The molecule has 4 heteroatoms. The van der Waals surface area contributed by atoms with E-state index in [2.05, 4.69) is 36.0 Å². The van der Waals surface area contributed by atoms with Gasteiger partial charge >= 0.3 is 0 Å². The molecule has 1 atom stereocenters. The van der Waals surface area contributed by atoms with E-state index >= 15 is 0 Å². The Morgan fingerprint density at radius 2 is 1.95 bits per heavy atom. The molecule has 1 aromatic heterocycles. The van der Waals surface area contributed by atoms with E-state index in [0.29, 0.717) is 6.54 Å². The first-order valence-electron chi connectivity index (χ1n) is 7.52. The van der Waals surface area contributed by atoms with Crippen LogP contribution >= 0.6 is 11.3 Å². The number of aromatic nitrogens is 1. The number of hydrogen-bond acceptors (Lipinski definition) is 4. The number of likely N-dealkylation sites (N-methyl/N-ethyl adjacent to an activating group) is 1. The van der Waals surface area contributed by atoms with Crippen LogP contribution in [-0.2, 0) is 13.0 Å². The fourth-order valence-corrected chi connectivity index (χ4v) is 2.99. The molecule has 21 heavy (non-hydrogen) atoms. The molecule has 0 fully saturated rings. The molecule has 0 bridgehead atoms. The lowest BCUT2D eigenvalue weighted by molar-refractivity contribution is 0.111. The Morgan fingerprint density at radius 1 is 1.24 bits per heavy atom. The molecular weight excluding hydrogens is 280 g/mol. The number of nitrogens with zero attached hydrogens (tertiary/aromatic N) is 2. The lowest BCUT2D eigenvalue weighted by atomic mass is 10.1. The highest BCUT2D eigenvalue weighted by Crippen LogP contribution is 2.17. The zero-order valence-electron chi connectivity index (χ0n) is 13.0. The number of hydrogen-bond donors (Lipinski definition) is 1. The predicted molar refractivity (Wildman–Crippen MR) is 88.6 cm³/mol. The molecule has 0 aliphatic heterocycles. The number of benzene rings is 1. The molecule has 2 aromatic rings. The average Bonchev–Trinajstić information content (AvgIpc) is 2.94. The van der Waals surface area contributed by atoms with Gasteiger partial charge in [-0.1, -0.05) is 43.7 Å². The van der Waals surface area contributed by atoms with Crippen molar-refractivity contribution < 1.29 is 5.11 Å². The van der Waals surface area contributed by atoms with Crippen molar-refractivity contribution in [2.24, 2.45) is 0 Å². The van der Waals surface area contributed by atoms with E-state index in [1.54, 1.807) is 11.3 Å². The lowest BCUT2D eigenvalue weighted by Crippen LogP contribution is -2.28. The van der Waals surface area contributed by atoms with Crippen LogP contribution in [0.4, 0.5) is 0 Å². The SMILES string of the molecule is CCc1nc(CN(CC)CC(O)c2ccc(C)cc2)cs1. The third kappa shape index (κ3) is 4.63. The van der Waals surface area contributed by atoms with Crippen molar-refractivity contribution >= 4 is 11.3 Å². The van der Waals surface area contributed by atoms with Crippen molar-refractivity contribution in [3.05, 3.63) is 51.5 Å². The maximum atomic E-state index is 10.4. The van der Waals surface area contributed by atoms with E-state index in [4.69, 9.17) is 0 Å². The van der Waals surface area contributed by atoms with Crippen LogP contribution in [-0.4, -0.2) is 28.1 Å². The standard InChI is InChI=1S/C17H24N2OS/c1-4-17-18-15(12-21-17)10-19(5-2)11-16(20)14-8-6-13(3)7-9-14/h6-9,12,16,20H,4-5,10-11H2,1-3H3. The summed E-state index contributed by atoms with van der Waals surface area (Å²) in [6.45, 7) is 8.65. The number of aliphatic hydroxyl groups is 1. The monoisotopic (exact) mass is 304 g/mol. The Morgan fingerprint density at radius 3 is 2.52 bits per heavy atom. The zero-order valence-corrected chi connectivity index (χ0v) is 13.9. The Hall–Kier alpha value is -1.23. The van der Waals surface area contributed by atoms with Gasteiger partial charge in [-0.05, 0) is 25.5 Å². The number of aryl methyl sites for hydroxylation is 2. The maximum Gasteiger partial charge on any atom is 0.0926 e. The molecule has 0 amide bonds. The minimum absolute atomic E-state index is 0.449. The highest BCUT2D eigenvalue weighted by molar-refractivity contribution is 7.09.